The molecule has 2 rings (SSSR count). The molecular formula is C10H14N4. The van der Waals surface area contributed by atoms with Crippen LogP contribution in [-0.4, -0.2) is 21.0 Å². The first-order valence-electron chi connectivity index (χ1n) is 4.72. The van der Waals surface area contributed by atoms with Crippen LogP contribution in [0.25, 0.3) is 11.2 Å². The molecule has 1 atom stereocenters. The maximum absolute atomic E-state index is 5.70. The number of nitrogens with zero attached hydrogens (tertiary/aromatic N) is 2. The second-order valence-electron chi connectivity index (χ2n) is 3.69. The summed E-state index contributed by atoms with van der Waals surface area (Å²) in [5, 5.41) is 0. The average Bonchev–Trinajstić information content (AvgIpc) is 2.47. The second kappa shape index (κ2) is 3.38. The minimum Gasteiger partial charge on any atom is -0.340 e. The van der Waals surface area contributed by atoms with Gasteiger partial charge in [-0.15, -0.1) is 0 Å². The molecule has 4 nitrogen and oxygen atoms in total. The largest absolute Gasteiger partial charge is 0.340 e. The Hall–Kier alpha value is -1.42. The van der Waals surface area contributed by atoms with Crippen LogP contribution in [0.15, 0.2) is 12.3 Å². The van der Waals surface area contributed by atoms with Gasteiger partial charge in [-0.2, -0.15) is 0 Å². The molecule has 0 saturated carbocycles. The number of rotatable bonds is 2. The molecule has 0 aliphatic heterocycles. The quantitative estimate of drug-likeness (QED) is 0.746. The van der Waals surface area contributed by atoms with E-state index in [1.54, 1.807) is 6.20 Å². The van der Waals surface area contributed by atoms with Crippen molar-refractivity contribution in [2.75, 3.05) is 0 Å². The number of imidazole rings is 1. The molecular weight excluding hydrogens is 176 g/mol. The highest BCUT2D eigenvalue weighted by Gasteiger charge is 2.06. The topological polar surface area (TPSA) is 67.6 Å². The van der Waals surface area contributed by atoms with Gasteiger partial charge in [-0.25, -0.2) is 9.97 Å². The standard InChI is InChI=1S/C10H14N4/c1-6-3-4-12-10-9(6)13-8(14-10)5-7(2)11/h3-4,7H,5,11H2,1-2H3,(H,12,13,14). The Bertz CT molecular complexity index is 444. The number of H-pyrrole nitrogens is 1. The van der Waals surface area contributed by atoms with Gasteiger partial charge in [0, 0.05) is 18.7 Å². The van der Waals surface area contributed by atoms with E-state index in [0.29, 0.717) is 0 Å². The lowest BCUT2D eigenvalue weighted by molar-refractivity contribution is 0.711. The number of nitrogens with one attached hydrogen (secondary N) is 1. The van der Waals surface area contributed by atoms with Crippen molar-refractivity contribution in [2.45, 2.75) is 26.3 Å². The van der Waals surface area contributed by atoms with Crippen LogP contribution in [0, 0.1) is 6.92 Å². The smallest absolute Gasteiger partial charge is 0.177 e. The van der Waals surface area contributed by atoms with Crippen LogP contribution in [0.2, 0.25) is 0 Å². The zero-order valence-corrected chi connectivity index (χ0v) is 8.41. The van der Waals surface area contributed by atoms with Crippen LogP contribution in [-0.2, 0) is 6.42 Å². The number of nitrogens with two attached hydrogens (primary N) is 1. The first-order chi connectivity index (χ1) is 6.66. The summed E-state index contributed by atoms with van der Waals surface area (Å²) >= 11 is 0. The van der Waals surface area contributed by atoms with Crippen molar-refractivity contribution in [3.8, 4) is 0 Å². The van der Waals surface area contributed by atoms with E-state index in [1.165, 1.54) is 5.56 Å². The van der Waals surface area contributed by atoms with Crippen LogP contribution >= 0.6 is 0 Å². The number of hydrogen-bond donors (Lipinski definition) is 2. The molecule has 0 aliphatic carbocycles. The van der Waals surface area contributed by atoms with E-state index in [2.05, 4.69) is 15.0 Å². The van der Waals surface area contributed by atoms with Crippen LogP contribution in [0.3, 0.4) is 0 Å². The van der Waals surface area contributed by atoms with Crippen molar-refractivity contribution in [1.29, 1.82) is 0 Å². The van der Waals surface area contributed by atoms with Crippen LogP contribution < -0.4 is 5.73 Å². The first-order valence-corrected chi connectivity index (χ1v) is 4.72. The fourth-order valence-corrected chi connectivity index (χ4v) is 1.48. The summed E-state index contributed by atoms with van der Waals surface area (Å²) in [6.07, 6.45) is 2.53. The van der Waals surface area contributed by atoms with Gasteiger partial charge in [0.15, 0.2) is 5.65 Å². The maximum Gasteiger partial charge on any atom is 0.177 e. The van der Waals surface area contributed by atoms with E-state index in [9.17, 15) is 0 Å². The molecule has 2 heterocycles. The zero-order valence-electron chi connectivity index (χ0n) is 8.41. The van der Waals surface area contributed by atoms with Gasteiger partial charge >= 0.3 is 0 Å². The summed E-state index contributed by atoms with van der Waals surface area (Å²) in [7, 11) is 0. The summed E-state index contributed by atoms with van der Waals surface area (Å²) in [4.78, 5) is 11.8. The average molecular weight is 190 g/mol. The third-order valence-electron chi connectivity index (χ3n) is 2.16. The van der Waals surface area contributed by atoms with Crippen molar-refractivity contribution >= 4 is 11.2 Å². The molecule has 0 aromatic carbocycles. The number of pyridine rings is 1. The lowest BCUT2D eigenvalue weighted by Gasteiger charge is -1.99. The van der Waals surface area contributed by atoms with Gasteiger partial charge in [0.05, 0.1) is 5.52 Å². The minimum absolute atomic E-state index is 0.121. The van der Waals surface area contributed by atoms with E-state index in [1.807, 2.05) is 19.9 Å². The first kappa shape index (κ1) is 9.15. The molecule has 0 spiro atoms. The third kappa shape index (κ3) is 1.61. The molecule has 0 saturated heterocycles. The van der Waals surface area contributed by atoms with Crippen molar-refractivity contribution in [3.63, 3.8) is 0 Å². The Balaban J connectivity index is 2.46. The fourth-order valence-electron chi connectivity index (χ4n) is 1.48. The lowest BCUT2D eigenvalue weighted by atomic mass is 10.2. The van der Waals surface area contributed by atoms with Crippen molar-refractivity contribution in [1.82, 2.24) is 15.0 Å². The van der Waals surface area contributed by atoms with E-state index < -0.39 is 0 Å². The predicted octanol–water partition coefficient (Wildman–Crippen LogP) is 1.16. The zero-order chi connectivity index (χ0) is 10.1. The lowest BCUT2D eigenvalue weighted by Crippen LogP contribution is -2.18. The molecule has 74 valence electrons. The van der Waals surface area contributed by atoms with Crippen LogP contribution in [0.1, 0.15) is 18.3 Å². The Labute approximate surface area is 82.6 Å². The van der Waals surface area contributed by atoms with Crippen LogP contribution in [0.5, 0.6) is 0 Å². The van der Waals surface area contributed by atoms with E-state index in [-0.39, 0.29) is 6.04 Å². The molecule has 3 N–H and O–H groups in total. The monoisotopic (exact) mass is 190 g/mol. The summed E-state index contributed by atoms with van der Waals surface area (Å²) in [5.41, 5.74) is 8.66. The minimum atomic E-state index is 0.121. The van der Waals surface area contributed by atoms with Gasteiger partial charge < -0.3 is 10.7 Å². The number of aromatic amines is 1. The summed E-state index contributed by atoms with van der Waals surface area (Å²) < 4.78 is 0. The summed E-state index contributed by atoms with van der Waals surface area (Å²) in [6, 6.07) is 2.09. The second-order valence-corrected chi connectivity index (χ2v) is 3.69. The maximum atomic E-state index is 5.70. The van der Waals surface area contributed by atoms with Gasteiger partial charge in [0.2, 0.25) is 0 Å². The molecule has 4 heteroatoms. The normalized spacial score (nSPS) is 13.4. The molecule has 0 bridgehead atoms. The van der Waals surface area contributed by atoms with Gasteiger partial charge in [-0.3, -0.25) is 0 Å². The van der Waals surface area contributed by atoms with E-state index in [4.69, 9.17) is 5.73 Å². The van der Waals surface area contributed by atoms with Crippen molar-refractivity contribution in [3.05, 3.63) is 23.7 Å². The number of fused-ring (bicyclic) bond motifs is 1. The molecule has 1 unspecified atom stereocenters. The molecule has 0 aliphatic rings. The van der Waals surface area contributed by atoms with Crippen molar-refractivity contribution in [2.24, 2.45) is 5.73 Å². The Morgan fingerprint density at radius 3 is 3.00 bits per heavy atom. The Morgan fingerprint density at radius 2 is 2.36 bits per heavy atom. The number of aryl methyl sites for hydroxylation is 1. The molecule has 2 aromatic rings. The Kier molecular flexibility index (Phi) is 2.21. The SMILES string of the molecule is Cc1ccnc2nc(CC(C)N)[nH]c12. The molecule has 14 heavy (non-hydrogen) atoms. The van der Waals surface area contributed by atoms with Crippen LogP contribution in [0.4, 0.5) is 0 Å². The number of hydrogen-bond acceptors (Lipinski definition) is 3. The summed E-state index contributed by atoms with van der Waals surface area (Å²) in [5.74, 6) is 0.914. The highest BCUT2D eigenvalue weighted by Crippen LogP contribution is 2.13. The van der Waals surface area contributed by atoms with E-state index >= 15 is 0 Å². The highest BCUT2D eigenvalue weighted by atomic mass is 15.0. The number of aromatic nitrogens is 3. The molecule has 0 radical (unpaired) electrons. The van der Waals surface area contributed by atoms with E-state index in [0.717, 1.165) is 23.4 Å². The fraction of sp³-hybridized carbons (Fsp3) is 0.400. The van der Waals surface area contributed by atoms with Gasteiger partial charge in [-0.1, -0.05) is 0 Å². The third-order valence-corrected chi connectivity index (χ3v) is 2.16. The predicted molar refractivity (Wildman–Crippen MR) is 56.0 cm³/mol. The van der Waals surface area contributed by atoms with Gasteiger partial charge in [0.25, 0.3) is 0 Å². The van der Waals surface area contributed by atoms with Gasteiger partial charge in [-0.05, 0) is 25.5 Å². The molecule has 2 aromatic heterocycles. The molecule has 0 amide bonds. The van der Waals surface area contributed by atoms with Crippen molar-refractivity contribution < 1.29 is 0 Å². The Morgan fingerprint density at radius 1 is 1.57 bits per heavy atom. The molecule has 0 fully saturated rings. The highest BCUT2D eigenvalue weighted by molar-refractivity contribution is 5.74. The van der Waals surface area contributed by atoms with Gasteiger partial charge in [0.1, 0.15) is 5.82 Å². The summed E-state index contributed by atoms with van der Waals surface area (Å²) in [6.45, 7) is 4.01.